The Labute approximate surface area is 196 Å². The van der Waals surface area contributed by atoms with Crippen LogP contribution in [0.2, 0.25) is 5.02 Å². The molecule has 5 rings (SSSR count). The van der Waals surface area contributed by atoms with Crippen LogP contribution in [0.15, 0.2) is 73.2 Å². The standard InChI is InChI=1S/C24H20ClN5O2/c1-32-22-6-5-16(25)13-20(22)29-24(31)28-19-3-2-4-21-18(19)9-12-30(21)14-15-7-10-26-23-17(15)8-11-27-23/h2-13H,14H2,1H3,(H,26,27)(H2,28,29,31)/i1D3,14D2. The van der Waals surface area contributed by atoms with Crippen molar-refractivity contribution >= 4 is 50.9 Å². The summed E-state index contributed by atoms with van der Waals surface area (Å²) in [5.74, 6) is -0.0643. The van der Waals surface area contributed by atoms with Crippen LogP contribution >= 0.6 is 11.6 Å². The molecule has 32 heavy (non-hydrogen) atoms. The van der Waals surface area contributed by atoms with Crippen LogP contribution in [0.5, 0.6) is 5.75 Å². The Bertz CT molecular complexity index is 1630. The number of urea groups is 1. The van der Waals surface area contributed by atoms with Crippen molar-refractivity contribution < 1.29 is 16.4 Å². The maximum Gasteiger partial charge on any atom is 0.323 e. The Balaban J connectivity index is 1.45. The molecular formula is C24H20ClN5O2. The number of amides is 2. The number of hydrogen-bond acceptors (Lipinski definition) is 3. The number of fused-ring (bicyclic) bond motifs is 2. The molecule has 0 spiro atoms. The van der Waals surface area contributed by atoms with E-state index < -0.39 is 19.6 Å². The van der Waals surface area contributed by atoms with Crippen molar-refractivity contribution in [1.29, 1.82) is 0 Å². The fourth-order valence-electron chi connectivity index (χ4n) is 3.53. The van der Waals surface area contributed by atoms with E-state index >= 15 is 0 Å². The lowest BCUT2D eigenvalue weighted by atomic mass is 10.2. The molecule has 160 valence electrons. The molecular weight excluding hydrogens is 426 g/mol. The predicted molar refractivity (Wildman–Crippen MR) is 128 cm³/mol. The lowest BCUT2D eigenvalue weighted by Crippen LogP contribution is -2.20. The molecule has 0 aliphatic heterocycles. The number of nitrogens with one attached hydrogen (secondary N) is 3. The number of H-pyrrole nitrogens is 1. The summed E-state index contributed by atoms with van der Waals surface area (Å²) in [6.07, 6.45) is 4.88. The predicted octanol–water partition coefficient (Wildman–Crippen LogP) is 5.87. The highest BCUT2D eigenvalue weighted by Crippen LogP contribution is 2.29. The molecule has 0 unspecified atom stereocenters. The first-order valence-electron chi connectivity index (χ1n) is 12.1. The molecule has 0 saturated heterocycles. The maximum atomic E-state index is 12.8. The minimum absolute atomic E-state index is 0.0643. The van der Waals surface area contributed by atoms with E-state index in [0.29, 0.717) is 33.2 Å². The van der Waals surface area contributed by atoms with Gasteiger partial charge in [0.15, 0.2) is 0 Å². The largest absolute Gasteiger partial charge is 0.495 e. The maximum absolute atomic E-state index is 12.8. The third kappa shape index (κ3) is 3.74. The smallest absolute Gasteiger partial charge is 0.323 e. The van der Waals surface area contributed by atoms with E-state index in [1.54, 1.807) is 55.0 Å². The minimum Gasteiger partial charge on any atom is -0.495 e. The van der Waals surface area contributed by atoms with Crippen LogP contribution in [0.1, 0.15) is 12.4 Å². The second-order valence-electron chi connectivity index (χ2n) is 6.96. The van der Waals surface area contributed by atoms with E-state index in [4.69, 9.17) is 23.2 Å². The van der Waals surface area contributed by atoms with Crippen LogP contribution in [-0.2, 0) is 6.50 Å². The molecule has 0 radical (unpaired) electrons. The number of aromatic nitrogens is 3. The van der Waals surface area contributed by atoms with Crippen molar-refractivity contribution in [2.24, 2.45) is 0 Å². The van der Waals surface area contributed by atoms with E-state index in [-0.39, 0.29) is 16.5 Å². The summed E-state index contributed by atoms with van der Waals surface area (Å²) in [5, 5.41) is 6.85. The highest BCUT2D eigenvalue weighted by Gasteiger charge is 2.12. The van der Waals surface area contributed by atoms with Gasteiger partial charge >= 0.3 is 6.03 Å². The number of rotatable bonds is 5. The monoisotopic (exact) mass is 450 g/mol. The summed E-state index contributed by atoms with van der Waals surface area (Å²) in [4.78, 5) is 20.1. The van der Waals surface area contributed by atoms with Gasteiger partial charge in [0.25, 0.3) is 0 Å². The van der Waals surface area contributed by atoms with Crippen LogP contribution in [0, 0.1) is 0 Å². The third-order valence-corrected chi connectivity index (χ3v) is 5.22. The molecule has 0 fully saturated rings. The summed E-state index contributed by atoms with van der Waals surface area (Å²) in [5.41, 5.74) is 2.08. The third-order valence-electron chi connectivity index (χ3n) is 4.98. The van der Waals surface area contributed by atoms with Gasteiger partial charge in [0.2, 0.25) is 0 Å². The highest BCUT2D eigenvalue weighted by molar-refractivity contribution is 6.31. The molecule has 7 nitrogen and oxygen atoms in total. The van der Waals surface area contributed by atoms with Crippen LogP contribution in [0.25, 0.3) is 21.9 Å². The van der Waals surface area contributed by atoms with Gasteiger partial charge in [0.05, 0.1) is 30.8 Å². The summed E-state index contributed by atoms with van der Waals surface area (Å²) in [7, 11) is -2.71. The van der Waals surface area contributed by atoms with Crippen molar-refractivity contribution in [2.75, 3.05) is 17.7 Å². The quantitative estimate of drug-likeness (QED) is 0.313. The topological polar surface area (TPSA) is 84.0 Å². The van der Waals surface area contributed by atoms with Crippen LogP contribution in [-0.4, -0.2) is 27.6 Å². The van der Waals surface area contributed by atoms with E-state index in [1.165, 1.54) is 22.8 Å². The second kappa shape index (κ2) is 8.28. The van der Waals surface area contributed by atoms with Crippen molar-refractivity contribution in [3.05, 3.63) is 83.8 Å². The van der Waals surface area contributed by atoms with Crippen molar-refractivity contribution in [3.8, 4) is 5.75 Å². The fourth-order valence-corrected chi connectivity index (χ4v) is 3.70. The van der Waals surface area contributed by atoms with Gasteiger partial charge in [0, 0.05) is 40.9 Å². The lowest BCUT2D eigenvalue weighted by molar-refractivity contribution is 0.262. The summed E-state index contributed by atoms with van der Waals surface area (Å²) < 4.78 is 46.3. The van der Waals surface area contributed by atoms with E-state index in [9.17, 15) is 4.79 Å². The Morgan fingerprint density at radius 2 is 2.09 bits per heavy atom. The number of hydrogen-bond donors (Lipinski definition) is 3. The summed E-state index contributed by atoms with van der Waals surface area (Å²) in [6.45, 7) is -1.92. The summed E-state index contributed by atoms with van der Waals surface area (Å²) in [6, 6.07) is 13.8. The number of carbonyl (C=O) groups excluding carboxylic acids is 1. The Kier molecular flexibility index (Phi) is 3.86. The molecule has 2 amide bonds. The van der Waals surface area contributed by atoms with Crippen LogP contribution in [0.3, 0.4) is 0 Å². The number of pyridine rings is 1. The zero-order valence-electron chi connectivity index (χ0n) is 21.5. The number of ether oxygens (including phenoxy) is 1. The minimum atomic E-state index is -2.71. The first-order valence-corrected chi connectivity index (χ1v) is 10.0. The van der Waals surface area contributed by atoms with Gasteiger partial charge in [-0.05, 0) is 54.1 Å². The van der Waals surface area contributed by atoms with Gasteiger partial charge in [-0.2, -0.15) is 0 Å². The molecule has 8 heteroatoms. The number of nitrogens with zero attached hydrogens (tertiary/aromatic N) is 2. The van der Waals surface area contributed by atoms with Gasteiger partial charge in [-0.1, -0.05) is 17.7 Å². The van der Waals surface area contributed by atoms with Crippen molar-refractivity contribution in [3.63, 3.8) is 0 Å². The molecule has 3 heterocycles. The number of methoxy groups -OCH3 is 1. The molecule has 0 aliphatic rings. The first kappa shape index (κ1) is 14.9. The average Bonchev–Trinajstić information content (AvgIpc) is 3.48. The summed E-state index contributed by atoms with van der Waals surface area (Å²) >= 11 is 6.02. The molecule has 0 bridgehead atoms. The van der Waals surface area contributed by atoms with E-state index in [0.717, 1.165) is 0 Å². The van der Waals surface area contributed by atoms with Gasteiger partial charge < -0.3 is 24.9 Å². The van der Waals surface area contributed by atoms with Gasteiger partial charge in [-0.25, -0.2) is 9.78 Å². The highest BCUT2D eigenvalue weighted by atomic mass is 35.5. The molecule has 0 saturated carbocycles. The molecule has 0 aliphatic carbocycles. The van der Waals surface area contributed by atoms with E-state index in [1.807, 2.05) is 0 Å². The first-order chi connectivity index (χ1) is 17.5. The number of halogens is 1. The Hall–Kier alpha value is -3.97. The van der Waals surface area contributed by atoms with Crippen LogP contribution in [0.4, 0.5) is 16.2 Å². The fraction of sp³-hybridized carbons (Fsp3) is 0.0833. The molecule has 3 N–H and O–H groups in total. The Morgan fingerprint density at radius 1 is 1.19 bits per heavy atom. The molecule has 2 aromatic carbocycles. The van der Waals surface area contributed by atoms with Crippen LogP contribution < -0.4 is 15.4 Å². The number of aromatic amines is 1. The normalized spacial score (nSPS) is 14.2. The average molecular weight is 451 g/mol. The second-order valence-corrected chi connectivity index (χ2v) is 7.39. The zero-order valence-corrected chi connectivity index (χ0v) is 17.3. The number of carbonyl (C=O) groups is 1. The van der Waals surface area contributed by atoms with Gasteiger partial charge in [-0.15, -0.1) is 0 Å². The number of anilines is 2. The molecule has 3 aromatic heterocycles. The lowest BCUT2D eigenvalue weighted by Gasteiger charge is -2.12. The van der Waals surface area contributed by atoms with E-state index in [2.05, 4.69) is 20.6 Å². The SMILES string of the molecule is [2H]C([2H])([2H])Oc1ccc(Cl)cc1NC(=O)Nc1cccc2c1ccn2C([2H])([2H])c1ccnc2[nH]ccc12. The molecule has 0 atom stereocenters. The van der Waals surface area contributed by atoms with Crippen molar-refractivity contribution in [2.45, 2.75) is 6.50 Å². The zero-order chi connectivity index (χ0) is 26.4. The van der Waals surface area contributed by atoms with Crippen molar-refractivity contribution in [1.82, 2.24) is 14.5 Å². The van der Waals surface area contributed by atoms with Gasteiger partial charge in [-0.3, -0.25) is 0 Å². The van der Waals surface area contributed by atoms with Gasteiger partial charge in [0.1, 0.15) is 11.4 Å². The molecule has 5 aromatic rings. The Morgan fingerprint density at radius 3 is 3.00 bits per heavy atom. The number of benzene rings is 2.